The van der Waals surface area contributed by atoms with E-state index in [0.717, 1.165) is 41.5 Å². The van der Waals surface area contributed by atoms with Gasteiger partial charge in [-0.3, -0.25) is 4.79 Å². The monoisotopic (exact) mass is 358 g/mol. The van der Waals surface area contributed by atoms with Gasteiger partial charge >= 0.3 is 0 Å². The molecule has 0 bridgehead atoms. The number of anilines is 2. The zero-order valence-electron chi connectivity index (χ0n) is 12.8. The van der Waals surface area contributed by atoms with Crippen LogP contribution in [0.4, 0.5) is 11.4 Å². The summed E-state index contributed by atoms with van der Waals surface area (Å²) in [6.07, 6.45) is 2.39. The van der Waals surface area contributed by atoms with Crippen LogP contribution in [0.3, 0.4) is 0 Å². The first-order chi connectivity index (χ1) is 11.7. The molecule has 1 N–H and O–H groups in total. The van der Waals surface area contributed by atoms with Crippen molar-refractivity contribution < 1.29 is 4.79 Å². The van der Waals surface area contributed by atoms with Crippen molar-refractivity contribution in [2.45, 2.75) is 12.8 Å². The van der Waals surface area contributed by atoms with E-state index in [1.165, 1.54) is 12.8 Å². The Morgan fingerprint density at radius 3 is 2.67 bits per heavy atom. The molecule has 0 spiro atoms. The zero-order valence-corrected chi connectivity index (χ0v) is 14.4. The first kappa shape index (κ1) is 15.4. The van der Waals surface area contributed by atoms with Gasteiger partial charge in [0, 0.05) is 24.3 Å². The minimum atomic E-state index is -0.185. The molecule has 0 unspecified atom stereocenters. The molecule has 0 aliphatic carbocycles. The predicted molar refractivity (Wildman–Crippen MR) is 98.3 cm³/mol. The predicted octanol–water partition coefficient (Wildman–Crippen LogP) is 4.20. The average molecular weight is 359 g/mol. The lowest BCUT2D eigenvalue weighted by Crippen LogP contribution is -2.18. The van der Waals surface area contributed by atoms with E-state index in [1.54, 1.807) is 24.3 Å². The molecule has 1 amide bonds. The summed E-state index contributed by atoms with van der Waals surface area (Å²) < 4.78 is 8.30. The molecule has 7 heteroatoms. The van der Waals surface area contributed by atoms with Gasteiger partial charge in [0.2, 0.25) is 0 Å². The standard InChI is InChI=1S/C17H15ClN4OS/c18-13-10-12(4-6-16(13)22-7-1-2-8-22)19-17(23)11-3-5-14-15(9-11)21-24-20-14/h3-6,9-10H,1-2,7-8H2,(H,19,23). The molecule has 122 valence electrons. The van der Waals surface area contributed by atoms with Gasteiger partial charge in [-0.15, -0.1) is 0 Å². The van der Waals surface area contributed by atoms with Crippen molar-refractivity contribution >= 4 is 51.6 Å². The highest BCUT2D eigenvalue weighted by Gasteiger charge is 2.16. The maximum absolute atomic E-state index is 12.4. The summed E-state index contributed by atoms with van der Waals surface area (Å²) in [6, 6.07) is 11.0. The van der Waals surface area contributed by atoms with Gasteiger partial charge in [0.15, 0.2) is 0 Å². The molecule has 5 nitrogen and oxygen atoms in total. The van der Waals surface area contributed by atoms with Gasteiger partial charge in [-0.05, 0) is 49.2 Å². The molecule has 4 rings (SSSR count). The van der Waals surface area contributed by atoms with E-state index in [1.807, 2.05) is 12.1 Å². The fourth-order valence-corrected chi connectivity index (χ4v) is 3.74. The Kier molecular flexibility index (Phi) is 4.08. The normalized spacial score (nSPS) is 14.3. The molecule has 1 aliphatic rings. The Labute approximate surface area is 148 Å². The Morgan fingerprint density at radius 2 is 1.88 bits per heavy atom. The van der Waals surface area contributed by atoms with Crippen LogP contribution in [0, 0.1) is 0 Å². The lowest BCUT2D eigenvalue weighted by Gasteiger charge is -2.19. The van der Waals surface area contributed by atoms with E-state index in [-0.39, 0.29) is 5.91 Å². The van der Waals surface area contributed by atoms with E-state index in [2.05, 4.69) is 19.0 Å². The van der Waals surface area contributed by atoms with Crippen molar-refractivity contribution in [3.05, 3.63) is 47.0 Å². The average Bonchev–Trinajstić information content (AvgIpc) is 3.25. The molecule has 1 aromatic heterocycles. The topological polar surface area (TPSA) is 58.1 Å². The Balaban J connectivity index is 1.53. The van der Waals surface area contributed by atoms with Crippen LogP contribution < -0.4 is 10.2 Å². The SMILES string of the molecule is O=C(Nc1ccc(N2CCCC2)c(Cl)c1)c1ccc2nsnc2c1. The number of carbonyl (C=O) groups excluding carboxylic acids is 1. The Bertz CT molecular complexity index is 904. The van der Waals surface area contributed by atoms with Gasteiger partial charge in [0.1, 0.15) is 11.0 Å². The number of nitrogens with zero attached hydrogens (tertiary/aromatic N) is 3. The summed E-state index contributed by atoms with van der Waals surface area (Å²) in [5.74, 6) is -0.185. The van der Waals surface area contributed by atoms with Gasteiger partial charge in [-0.2, -0.15) is 8.75 Å². The molecule has 3 aromatic rings. The third-order valence-electron chi connectivity index (χ3n) is 4.17. The number of hydrogen-bond acceptors (Lipinski definition) is 5. The number of amides is 1. The molecule has 1 saturated heterocycles. The summed E-state index contributed by atoms with van der Waals surface area (Å²) >= 11 is 7.53. The molecule has 0 atom stereocenters. The van der Waals surface area contributed by atoms with Crippen LogP contribution in [0.25, 0.3) is 11.0 Å². The second-order valence-electron chi connectivity index (χ2n) is 5.78. The fraction of sp³-hybridized carbons (Fsp3) is 0.235. The maximum Gasteiger partial charge on any atom is 0.255 e. The van der Waals surface area contributed by atoms with Crippen molar-refractivity contribution in [2.24, 2.45) is 0 Å². The Morgan fingerprint density at radius 1 is 1.08 bits per heavy atom. The molecule has 2 aromatic carbocycles. The first-order valence-corrected chi connectivity index (χ1v) is 8.90. The number of aromatic nitrogens is 2. The number of benzene rings is 2. The minimum absolute atomic E-state index is 0.185. The first-order valence-electron chi connectivity index (χ1n) is 7.79. The second kappa shape index (κ2) is 6.37. The summed E-state index contributed by atoms with van der Waals surface area (Å²) in [5.41, 5.74) is 3.80. The van der Waals surface area contributed by atoms with Gasteiger partial charge in [0.05, 0.1) is 22.4 Å². The maximum atomic E-state index is 12.4. The number of halogens is 1. The molecule has 1 fully saturated rings. The van der Waals surface area contributed by atoms with E-state index >= 15 is 0 Å². The van der Waals surface area contributed by atoms with Crippen LogP contribution in [0.2, 0.25) is 5.02 Å². The summed E-state index contributed by atoms with van der Waals surface area (Å²) in [5, 5.41) is 3.55. The molecule has 0 radical (unpaired) electrons. The van der Waals surface area contributed by atoms with Gasteiger partial charge in [-0.25, -0.2) is 0 Å². The van der Waals surface area contributed by atoms with E-state index in [0.29, 0.717) is 16.3 Å². The Hall–Kier alpha value is -2.18. The molecule has 1 aliphatic heterocycles. The highest BCUT2D eigenvalue weighted by Crippen LogP contribution is 2.31. The number of hydrogen-bond donors (Lipinski definition) is 1. The van der Waals surface area contributed by atoms with E-state index in [9.17, 15) is 4.79 Å². The molecule has 0 saturated carbocycles. The molecular formula is C17H15ClN4OS. The second-order valence-corrected chi connectivity index (χ2v) is 6.72. The van der Waals surface area contributed by atoms with Crippen molar-refractivity contribution in [1.82, 2.24) is 8.75 Å². The van der Waals surface area contributed by atoms with Crippen LogP contribution in [-0.4, -0.2) is 27.7 Å². The number of fused-ring (bicyclic) bond motifs is 1. The lowest BCUT2D eigenvalue weighted by atomic mass is 10.2. The number of nitrogens with one attached hydrogen (secondary N) is 1. The zero-order chi connectivity index (χ0) is 16.5. The minimum Gasteiger partial charge on any atom is -0.370 e. The highest BCUT2D eigenvalue weighted by molar-refractivity contribution is 7.00. The molecular weight excluding hydrogens is 344 g/mol. The van der Waals surface area contributed by atoms with E-state index < -0.39 is 0 Å². The summed E-state index contributed by atoms with van der Waals surface area (Å²) in [6.45, 7) is 2.07. The van der Waals surface area contributed by atoms with E-state index in [4.69, 9.17) is 11.6 Å². The fourth-order valence-electron chi connectivity index (χ4n) is 2.93. The number of rotatable bonds is 3. The van der Waals surface area contributed by atoms with Gasteiger partial charge in [-0.1, -0.05) is 11.6 Å². The van der Waals surface area contributed by atoms with Crippen molar-refractivity contribution in [2.75, 3.05) is 23.3 Å². The largest absolute Gasteiger partial charge is 0.370 e. The van der Waals surface area contributed by atoms with Crippen molar-refractivity contribution in [3.8, 4) is 0 Å². The van der Waals surface area contributed by atoms with Crippen LogP contribution in [-0.2, 0) is 0 Å². The third kappa shape index (κ3) is 2.95. The number of carbonyl (C=O) groups is 1. The highest BCUT2D eigenvalue weighted by atomic mass is 35.5. The molecule has 24 heavy (non-hydrogen) atoms. The molecule has 2 heterocycles. The lowest BCUT2D eigenvalue weighted by molar-refractivity contribution is 0.102. The smallest absolute Gasteiger partial charge is 0.255 e. The van der Waals surface area contributed by atoms with Crippen molar-refractivity contribution in [1.29, 1.82) is 0 Å². The van der Waals surface area contributed by atoms with Crippen LogP contribution in [0.1, 0.15) is 23.2 Å². The van der Waals surface area contributed by atoms with Crippen LogP contribution >= 0.6 is 23.3 Å². The quantitative estimate of drug-likeness (QED) is 0.762. The third-order valence-corrected chi connectivity index (χ3v) is 5.03. The summed E-state index contributed by atoms with van der Waals surface area (Å²) in [4.78, 5) is 14.7. The van der Waals surface area contributed by atoms with Crippen LogP contribution in [0.5, 0.6) is 0 Å². The van der Waals surface area contributed by atoms with Crippen LogP contribution in [0.15, 0.2) is 36.4 Å². The summed E-state index contributed by atoms with van der Waals surface area (Å²) in [7, 11) is 0. The van der Waals surface area contributed by atoms with Crippen molar-refractivity contribution in [3.63, 3.8) is 0 Å². The van der Waals surface area contributed by atoms with Gasteiger partial charge < -0.3 is 10.2 Å². The van der Waals surface area contributed by atoms with Gasteiger partial charge in [0.25, 0.3) is 5.91 Å².